The maximum Gasteiger partial charge on any atom is 0 e. The van der Waals surface area contributed by atoms with Gasteiger partial charge in [-0.15, -0.1) is 0 Å². The molecule has 0 saturated carbocycles. The van der Waals surface area contributed by atoms with E-state index in [-0.39, 0.29) is 80.3 Å². The molecule has 0 fully saturated rings. The summed E-state index contributed by atoms with van der Waals surface area (Å²) in [5, 5.41) is 0. The van der Waals surface area contributed by atoms with Gasteiger partial charge >= 0.3 is 0 Å². The maximum absolute atomic E-state index is 5.75. The van der Waals surface area contributed by atoms with Gasteiger partial charge in [-0.25, -0.2) is 0 Å². The number of nitrogens with one attached hydrogen (secondary N) is 1. The fraction of sp³-hybridized carbons (Fsp3) is 0.667. The third-order valence-corrected chi connectivity index (χ3v) is 0. The van der Waals surface area contributed by atoms with Gasteiger partial charge in [-0.3, -0.25) is 0 Å². The van der Waals surface area contributed by atoms with Crippen molar-refractivity contribution in [2.75, 3.05) is 7.05 Å². The fourth-order valence-electron chi connectivity index (χ4n) is 0. The molecule has 2 radical (unpaired) electrons. The standard InChI is InChI=1S/CH4N.CH4.CH3.2Y/c1-2;;;;/h2H,1H3;1H4;1H3;;/q-1;;-1;;. The van der Waals surface area contributed by atoms with E-state index in [1.807, 2.05) is 0 Å². The molecule has 0 aromatic rings. The molecule has 0 rings (SSSR count). The Bertz CT molecular complexity index is 8.75. The summed E-state index contributed by atoms with van der Waals surface area (Å²) < 4.78 is 0. The van der Waals surface area contributed by atoms with Gasteiger partial charge in [-0.2, -0.15) is 7.05 Å². The summed E-state index contributed by atoms with van der Waals surface area (Å²) >= 11 is 0. The molecular formula is C3H11NY2-2. The zero-order valence-electron chi connectivity index (χ0n) is 3.65. The average Bonchev–Trinajstić information content (AvgIpc) is 1.00. The van der Waals surface area contributed by atoms with E-state index in [9.17, 15) is 0 Å². The van der Waals surface area contributed by atoms with Crippen molar-refractivity contribution in [3.63, 3.8) is 0 Å². The van der Waals surface area contributed by atoms with Gasteiger partial charge in [0.05, 0.1) is 0 Å². The van der Waals surface area contributed by atoms with Gasteiger partial charge in [-0.05, 0) is 0 Å². The Hall–Kier alpha value is 2.17. The minimum Gasteiger partial charge on any atom is -0.680 e. The van der Waals surface area contributed by atoms with E-state index in [1.54, 1.807) is 0 Å². The van der Waals surface area contributed by atoms with E-state index < -0.39 is 0 Å². The second kappa shape index (κ2) is 58.0. The zero-order chi connectivity index (χ0) is 2.00. The third-order valence-electron chi connectivity index (χ3n) is 0. The van der Waals surface area contributed by atoms with Crippen LogP contribution in [0, 0.1) is 7.43 Å². The second-order valence-corrected chi connectivity index (χ2v) is 0. The summed E-state index contributed by atoms with van der Waals surface area (Å²) in [6, 6.07) is 0. The van der Waals surface area contributed by atoms with Gasteiger partial charge in [0.2, 0.25) is 0 Å². The quantitative estimate of drug-likeness (QED) is 0.575. The molecule has 0 aliphatic rings. The molecule has 0 unspecified atom stereocenters. The second-order valence-electron chi connectivity index (χ2n) is 0. The Labute approximate surface area is 91.6 Å². The summed E-state index contributed by atoms with van der Waals surface area (Å²) in [4.78, 5) is 0. The van der Waals surface area contributed by atoms with Gasteiger partial charge in [0, 0.05) is 65.4 Å². The van der Waals surface area contributed by atoms with Gasteiger partial charge in [-0.1, -0.05) is 7.43 Å². The molecule has 0 heterocycles. The van der Waals surface area contributed by atoms with E-state index in [0.717, 1.165) is 0 Å². The molecule has 0 saturated heterocycles. The molecule has 0 aromatic heterocycles. The van der Waals surface area contributed by atoms with E-state index in [0.29, 0.717) is 0 Å². The summed E-state index contributed by atoms with van der Waals surface area (Å²) in [5.41, 5.74) is 5.75. The van der Waals surface area contributed by atoms with E-state index in [1.165, 1.54) is 7.05 Å². The van der Waals surface area contributed by atoms with Gasteiger partial charge in [0.1, 0.15) is 0 Å². The van der Waals surface area contributed by atoms with Crippen molar-refractivity contribution in [2.24, 2.45) is 0 Å². The number of hydrogen-bond acceptors (Lipinski definition) is 0. The number of hydrogen-bond donors (Lipinski definition) is 0. The van der Waals surface area contributed by atoms with Gasteiger partial charge < -0.3 is 13.2 Å². The van der Waals surface area contributed by atoms with Crippen LogP contribution in [0.25, 0.3) is 5.73 Å². The van der Waals surface area contributed by atoms with Crippen LogP contribution in [0.3, 0.4) is 0 Å². The predicted octanol–water partition coefficient (Wildman–Crippen LogP) is 1.75. The molecule has 1 nitrogen and oxygen atoms in total. The van der Waals surface area contributed by atoms with Crippen LogP contribution in [0.5, 0.6) is 0 Å². The Morgan fingerprint density at radius 3 is 1.00 bits per heavy atom. The summed E-state index contributed by atoms with van der Waals surface area (Å²) in [7, 11) is 1.25. The Morgan fingerprint density at radius 2 is 1.00 bits per heavy atom. The van der Waals surface area contributed by atoms with Crippen molar-refractivity contribution in [1.82, 2.24) is 0 Å². The predicted molar refractivity (Wildman–Crippen MR) is 23.4 cm³/mol. The van der Waals surface area contributed by atoms with Crippen LogP contribution in [0.2, 0.25) is 0 Å². The van der Waals surface area contributed by atoms with E-state index in [2.05, 4.69) is 0 Å². The van der Waals surface area contributed by atoms with Gasteiger partial charge in [0.15, 0.2) is 0 Å². The minimum absolute atomic E-state index is 0. The molecule has 0 bridgehead atoms. The summed E-state index contributed by atoms with van der Waals surface area (Å²) in [5.74, 6) is 0. The van der Waals surface area contributed by atoms with Crippen LogP contribution >= 0.6 is 0 Å². The normalized spacial score (nSPS) is 1.00. The first kappa shape index (κ1) is 41.8. The first-order chi connectivity index (χ1) is 1.00. The molecule has 36 valence electrons. The summed E-state index contributed by atoms with van der Waals surface area (Å²) in [6.07, 6.45) is 0. The SMILES string of the molecule is C.C[NH-].[CH3-].[Y].[Y]. The molecule has 3 heteroatoms. The maximum atomic E-state index is 5.75. The fourth-order valence-corrected chi connectivity index (χ4v) is 0. The van der Waals surface area contributed by atoms with Crippen molar-refractivity contribution in [3.8, 4) is 0 Å². The van der Waals surface area contributed by atoms with Crippen LogP contribution < -0.4 is 0 Å². The van der Waals surface area contributed by atoms with Crippen molar-refractivity contribution >= 4 is 0 Å². The molecule has 1 N–H and O–H groups in total. The first-order valence-electron chi connectivity index (χ1n) is 0.500. The zero-order valence-corrected chi connectivity index (χ0v) is 9.33. The molecule has 0 amide bonds. The van der Waals surface area contributed by atoms with Crippen molar-refractivity contribution in [2.45, 2.75) is 7.43 Å². The average molecular weight is 239 g/mol. The smallest absolute Gasteiger partial charge is 0 e. The van der Waals surface area contributed by atoms with Crippen LogP contribution in [-0.2, 0) is 65.4 Å². The van der Waals surface area contributed by atoms with Crippen LogP contribution in [-0.4, -0.2) is 7.05 Å². The first-order valence-corrected chi connectivity index (χ1v) is 0.500. The molecule has 0 spiro atoms. The number of rotatable bonds is 0. The van der Waals surface area contributed by atoms with E-state index >= 15 is 0 Å². The van der Waals surface area contributed by atoms with Crippen molar-refractivity contribution in [3.05, 3.63) is 13.2 Å². The van der Waals surface area contributed by atoms with E-state index in [4.69, 9.17) is 5.73 Å². The van der Waals surface area contributed by atoms with Crippen molar-refractivity contribution < 1.29 is 65.4 Å². The molecule has 0 aromatic carbocycles. The Balaban J connectivity index is -0.000000000833. The molecule has 0 atom stereocenters. The Kier molecular flexibility index (Phi) is 404. The molecule has 0 aliphatic heterocycles. The van der Waals surface area contributed by atoms with Crippen LogP contribution in [0.15, 0.2) is 0 Å². The minimum atomic E-state index is 0. The summed E-state index contributed by atoms with van der Waals surface area (Å²) in [6.45, 7) is 0. The van der Waals surface area contributed by atoms with Gasteiger partial charge in [0.25, 0.3) is 0 Å². The molecule has 0 aliphatic carbocycles. The molecular weight excluding hydrogens is 228 g/mol. The molecule has 6 heavy (non-hydrogen) atoms. The topological polar surface area (TPSA) is 23.8 Å². The Morgan fingerprint density at radius 1 is 1.00 bits per heavy atom. The van der Waals surface area contributed by atoms with Crippen molar-refractivity contribution in [1.29, 1.82) is 0 Å². The van der Waals surface area contributed by atoms with Crippen LogP contribution in [0.1, 0.15) is 7.43 Å². The van der Waals surface area contributed by atoms with Crippen LogP contribution in [0.4, 0.5) is 0 Å². The largest absolute Gasteiger partial charge is 0.680 e. The monoisotopic (exact) mass is 239 g/mol. The third kappa shape index (κ3) is 35.1.